The Morgan fingerprint density at radius 3 is 2.47 bits per heavy atom. The van der Waals surface area contributed by atoms with Gasteiger partial charge in [0.25, 0.3) is 0 Å². The molecule has 1 saturated carbocycles. The molecule has 0 aromatic rings. The van der Waals surface area contributed by atoms with Crippen LogP contribution in [0, 0.1) is 5.92 Å². The predicted octanol–water partition coefficient (Wildman–Crippen LogP) is 1.42. The Bertz CT molecular complexity index is 321. The number of carbonyl (C=O) groups excluding carboxylic acids is 1. The van der Waals surface area contributed by atoms with Crippen LogP contribution in [0.3, 0.4) is 0 Å². The predicted molar refractivity (Wildman–Crippen MR) is 75.7 cm³/mol. The summed E-state index contributed by atoms with van der Waals surface area (Å²) in [5.74, 6) is 1.00. The number of hydrogen-bond acceptors (Lipinski definition) is 3. The highest BCUT2D eigenvalue weighted by atomic mass is 16.2. The van der Waals surface area contributed by atoms with Crippen LogP contribution < -0.4 is 5.32 Å². The van der Waals surface area contributed by atoms with Gasteiger partial charge in [0.05, 0.1) is 12.2 Å². The fraction of sp³-hybridized carbons (Fsp3) is 0.933. The molecule has 0 bridgehead atoms. The molecule has 3 rings (SSSR count). The molecule has 1 N–H and O–H groups in total. The quantitative estimate of drug-likeness (QED) is 0.835. The van der Waals surface area contributed by atoms with Gasteiger partial charge in [-0.25, -0.2) is 0 Å². The highest BCUT2D eigenvalue weighted by molar-refractivity contribution is 5.84. The third-order valence-corrected chi connectivity index (χ3v) is 5.11. The Morgan fingerprint density at radius 2 is 1.79 bits per heavy atom. The molecule has 2 aliphatic heterocycles. The molecule has 19 heavy (non-hydrogen) atoms. The highest BCUT2D eigenvalue weighted by Crippen LogP contribution is 2.31. The summed E-state index contributed by atoms with van der Waals surface area (Å²) < 4.78 is 0. The lowest BCUT2D eigenvalue weighted by Crippen LogP contribution is -2.45. The number of nitrogens with zero attached hydrogens (tertiary/aromatic N) is 2. The van der Waals surface area contributed by atoms with Crippen molar-refractivity contribution in [3.63, 3.8) is 0 Å². The van der Waals surface area contributed by atoms with Gasteiger partial charge in [-0.2, -0.15) is 0 Å². The van der Waals surface area contributed by atoms with Gasteiger partial charge in [-0.1, -0.05) is 12.8 Å². The van der Waals surface area contributed by atoms with Crippen LogP contribution in [-0.4, -0.2) is 54.1 Å². The van der Waals surface area contributed by atoms with Gasteiger partial charge in [0, 0.05) is 13.1 Å². The van der Waals surface area contributed by atoms with Gasteiger partial charge in [-0.05, 0) is 51.6 Å². The molecule has 0 aromatic heterocycles. The summed E-state index contributed by atoms with van der Waals surface area (Å²) in [4.78, 5) is 17.0. The highest BCUT2D eigenvalue weighted by Gasteiger charge is 2.41. The van der Waals surface area contributed by atoms with Gasteiger partial charge in [-0.3, -0.25) is 10.1 Å². The first kappa shape index (κ1) is 13.4. The first-order chi connectivity index (χ1) is 9.25. The summed E-state index contributed by atoms with van der Waals surface area (Å²) >= 11 is 0. The van der Waals surface area contributed by atoms with Crippen molar-refractivity contribution in [2.24, 2.45) is 5.92 Å². The molecule has 0 spiro atoms. The molecule has 2 unspecified atom stereocenters. The minimum Gasteiger partial charge on any atom is -0.324 e. The van der Waals surface area contributed by atoms with Gasteiger partial charge in [0.15, 0.2) is 0 Å². The zero-order valence-electron chi connectivity index (χ0n) is 12.1. The fourth-order valence-electron chi connectivity index (χ4n) is 3.97. The van der Waals surface area contributed by atoms with Gasteiger partial charge < -0.3 is 9.80 Å². The summed E-state index contributed by atoms with van der Waals surface area (Å²) in [5.41, 5.74) is 0. The summed E-state index contributed by atoms with van der Waals surface area (Å²) in [6.45, 7) is 6.43. The first-order valence-electron chi connectivity index (χ1n) is 8.04. The minimum atomic E-state index is 0.0178. The van der Waals surface area contributed by atoms with Crippen LogP contribution in [0.2, 0.25) is 0 Å². The van der Waals surface area contributed by atoms with Crippen LogP contribution in [0.15, 0.2) is 0 Å². The maximum Gasteiger partial charge on any atom is 0.240 e. The number of hydrogen-bond donors (Lipinski definition) is 1. The number of likely N-dealkylation sites (tertiary alicyclic amines) is 1. The molecular formula is C15H27N3O. The van der Waals surface area contributed by atoms with Crippen LogP contribution in [0.4, 0.5) is 0 Å². The molecule has 0 aromatic carbocycles. The SMILES string of the molecule is CC1NC(C2CCCC2)N(CCN2CCCC2)C1=O. The second kappa shape index (κ2) is 5.80. The molecule has 4 heteroatoms. The lowest BCUT2D eigenvalue weighted by molar-refractivity contribution is -0.130. The monoisotopic (exact) mass is 265 g/mol. The zero-order valence-corrected chi connectivity index (χ0v) is 12.1. The van der Waals surface area contributed by atoms with Gasteiger partial charge in [0.1, 0.15) is 0 Å². The van der Waals surface area contributed by atoms with E-state index < -0.39 is 0 Å². The van der Waals surface area contributed by atoms with Crippen LogP contribution >= 0.6 is 0 Å². The molecule has 108 valence electrons. The Labute approximate surface area is 116 Å². The largest absolute Gasteiger partial charge is 0.324 e. The molecule has 2 atom stereocenters. The van der Waals surface area contributed by atoms with Crippen molar-refractivity contribution in [2.75, 3.05) is 26.2 Å². The average Bonchev–Trinajstić information content (AvgIpc) is 3.12. The molecule has 4 nitrogen and oxygen atoms in total. The summed E-state index contributed by atoms with van der Waals surface area (Å²) in [5, 5.41) is 3.53. The Balaban J connectivity index is 1.59. The fourth-order valence-corrected chi connectivity index (χ4v) is 3.97. The third kappa shape index (κ3) is 2.79. The van der Waals surface area contributed by atoms with E-state index in [0.717, 1.165) is 13.1 Å². The van der Waals surface area contributed by atoms with Crippen molar-refractivity contribution in [3.05, 3.63) is 0 Å². The third-order valence-electron chi connectivity index (χ3n) is 5.11. The number of rotatable bonds is 4. The van der Waals surface area contributed by atoms with Crippen molar-refractivity contribution in [1.29, 1.82) is 0 Å². The molecule has 2 heterocycles. The maximum absolute atomic E-state index is 12.3. The first-order valence-corrected chi connectivity index (χ1v) is 8.04. The van der Waals surface area contributed by atoms with E-state index >= 15 is 0 Å². The van der Waals surface area contributed by atoms with Crippen molar-refractivity contribution < 1.29 is 4.79 Å². The normalized spacial score (nSPS) is 33.7. The van der Waals surface area contributed by atoms with E-state index in [0.29, 0.717) is 18.0 Å². The van der Waals surface area contributed by atoms with Crippen molar-refractivity contribution in [2.45, 2.75) is 57.7 Å². The van der Waals surface area contributed by atoms with E-state index in [1.54, 1.807) is 0 Å². The molecule has 0 radical (unpaired) electrons. The Morgan fingerprint density at radius 1 is 1.11 bits per heavy atom. The molecule has 2 saturated heterocycles. The second-order valence-corrected chi connectivity index (χ2v) is 6.46. The van der Waals surface area contributed by atoms with Crippen molar-refractivity contribution in [1.82, 2.24) is 15.1 Å². The maximum atomic E-state index is 12.3. The van der Waals surface area contributed by atoms with Gasteiger partial charge in [-0.15, -0.1) is 0 Å². The molecule has 1 aliphatic carbocycles. The average molecular weight is 265 g/mol. The topological polar surface area (TPSA) is 35.6 Å². The van der Waals surface area contributed by atoms with Crippen LogP contribution in [0.1, 0.15) is 45.4 Å². The molecule has 1 amide bonds. The zero-order chi connectivity index (χ0) is 13.2. The van der Waals surface area contributed by atoms with Crippen LogP contribution in [-0.2, 0) is 4.79 Å². The van der Waals surface area contributed by atoms with E-state index in [1.165, 1.54) is 51.6 Å². The van der Waals surface area contributed by atoms with E-state index in [4.69, 9.17) is 0 Å². The second-order valence-electron chi connectivity index (χ2n) is 6.46. The number of carbonyl (C=O) groups is 1. The minimum absolute atomic E-state index is 0.0178. The van der Waals surface area contributed by atoms with Gasteiger partial charge in [0.2, 0.25) is 5.91 Å². The van der Waals surface area contributed by atoms with E-state index in [-0.39, 0.29) is 6.04 Å². The molecule has 3 fully saturated rings. The number of nitrogens with one attached hydrogen (secondary N) is 1. The number of amides is 1. The Kier molecular flexibility index (Phi) is 4.08. The summed E-state index contributed by atoms with van der Waals surface area (Å²) in [6, 6.07) is 0.0178. The smallest absolute Gasteiger partial charge is 0.240 e. The molecule has 3 aliphatic rings. The van der Waals surface area contributed by atoms with E-state index in [1.807, 2.05) is 6.92 Å². The van der Waals surface area contributed by atoms with Gasteiger partial charge >= 0.3 is 0 Å². The van der Waals surface area contributed by atoms with E-state index in [9.17, 15) is 4.79 Å². The van der Waals surface area contributed by atoms with Crippen molar-refractivity contribution in [3.8, 4) is 0 Å². The van der Waals surface area contributed by atoms with Crippen molar-refractivity contribution >= 4 is 5.91 Å². The van der Waals surface area contributed by atoms with E-state index in [2.05, 4.69) is 15.1 Å². The van der Waals surface area contributed by atoms with Crippen LogP contribution in [0.25, 0.3) is 0 Å². The van der Waals surface area contributed by atoms with Crippen LogP contribution in [0.5, 0.6) is 0 Å². The lowest BCUT2D eigenvalue weighted by Gasteiger charge is -2.30. The lowest BCUT2D eigenvalue weighted by atomic mass is 10.0. The standard InChI is InChI=1S/C15H27N3O/c1-12-15(19)18(11-10-17-8-4-5-9-17)14(16-12)13-6-2-3-7-13/h12-14,16H,2-11H2,1H3. The molecular weight excluding hydrogens is 238 g/mol. The summed E-state index contributed by atoms with van der Waals surface area (Å²) in [7, 11) is 0. The summed E-state index contributed by atoms with van der Waals surface area (Å²) in [6.07, 6.45) is 8.23. The Hall–Kier alpha value is -0.610.